The van der Waals surface area contributed by atoms with Crippen molar-refractivity contribution in [2.24, 2.45) is 0 Å². The predicted molar refractivity (Wildman–Crippen MR) is 84.7 cm³/mol. The molecule has 0 amide bonds. The van der Waals surface area contributed by atoms with E-state index in [1.165, 1.54) is 0 Å². The van der Waals surface area contributed by atoms with Crippen molar-refractivity contribution in [3.8, 4) is 6.01 Å². The van der Waals surface area contributed by atoms with E-state index in [4.69, 9.17) is 51.1 Å². The molecule has 1 aromatic carbocycles. The maximum absolute atomic E-state index is 6.10. The van der Waals surface area contributed by atoms with E-state index in [-0.39, 0.29) is 16.6 Å². The Morgan fingerprint density at radius 1 is 0.905 bits per heavy atom. The Morgan fingerprint density at radius 3 is 2.29 bits per heavy atom. The summed E-state index contributed by atoms with van der Waals surface area (Å²) in [6.45, 7) is 0.460. The minimum Gasteiger partial charge on any atom is -0.463 e. The molecule has 0 aliphatic heterocycles. The Bertz CT molecular complexity index is 604. The number of aromatic nitrogens is 3. The molecule has 8 heteroatoms. The molecule has 0 radical (unpaired) electrons. The second kappa shape index (κ2) is 7.99. The number of halogens is 4. The molecule has 0 aliphatic carbocycles. The van der Waals surface area contributed by atoms with Crippen molar-refractivity contribution >= 4 is 46.4 Å². The summed E-state index contributed by atoms with van der Waals surface area (Å²) in [7, 11) is 0. The van der Waals surface area contributed by atoms with Gasteiger partial charge in [-0.1, -0.05) is 29.3 Å². The zero-order valence-corrected chi connectivity index (χ0v) is 13.8. The summed E-state index contributed by atoms with van der Waals surface area (Å²) in [5, 5.41) is 1.34. The second-order valence-electron chi connectivity index (χ2n) is 4.20. The lowest BCUT2D eigenvalue weighted by Crippen LogP contribution is -2.03. The minimum atomic E-state index is 0.0120. The van der Waals surface area contributed by atoms with Gasteiger partial charge in [0.15, 0.2) is 0 Å². The van der Waals surface area contributed by atoms with Gasteiger partial charge in [0, 0.05) is 10.0 Å². The normalized spacial score (nSPS) is 10.7. The van der Waals surface area contributed by atoms with E-state index in [2.05, 4.69) is 15.0 Å². The molecular formula is C13H11Cl4N3O. The fraction of sp³-hybridized carbons (Fsp3) is 0.308. The van der Waals surface area contributed by atoms with Gasteiger partial charge in [0.1, 0.15) is 0 Å². The van der Waals surface area contributed by atoms with Crippen LogP contribution in [-0.4, -0.2) is 21.6 Å². The highest BCUT2D eigenvalue weighted by atomic mass is 35.5. The maximum Gasteiger partial charge on any atom is 0.322 e. The molecule has 0 spiro atoms. The molecule has 0 N–H and O–H groups in total. The Labute approximate surface area is 142 Å². The third-order valence-electron chi connectivity index (χ3n) is 2.65. The summed E-state index contributed by atoms with van der Waals surface area (Å²) in [6, 6.07) is 5.62. The van der Waals surface area contributed by atoms with Gasteiger partial charge in [0.2, 0.25) is 10.6 Å². The first kappa shape index (κ1) is 16.6. The summed E-state index contributed by atoms with van der Waals surface area (Å²) < 4.78 is 5.37. The van der Waals surface area contributed by atoms with Gasteiger partial charge in [-0.3, -0.25) is 0 Å². The van der Waals surface area contributed by atoms with Gasteiger partial charge in [-0.25, -0.2) is 0 Å². The molecule has 0 bridgehead atoms. The van der Waals surface area contributed by atoms with Crippen molar-refractivity contribution in [3.05, 3.63) is 44.4 Å². The average molecular weight is 367 g/mol. The van der Waals surface area contributed by atoms with Crippen molar-refractivity contribution in [2.45, 2.75) is 19.3 Å². The highest BCUT2D eigenvalue weighted by molar-refractivity contribution is 6.35. The van der Waals surface area contributed by atoms with Crippen molar-refractivity contribution in [3.63, 3.8) is 0 Å². The average Bonchev–Trinajstić information content (AvgIpc) is 2.39. The number of unbranched alkanes of at least 4 members (excludes halogenated alkanes) is 1. The number of hydrogen-bond acceptors (Lipinski definition) is 4. The molecule has 0 saturated heterocycles. The summed E-state index contributed by atoms with van der Waals surface area (Å²) in [5.74, 6) is 0. The van der Waals surface area contributed by atoms with Gasteiger partial charge in [-0.2, -0.15) is 15.0 Å². The zero-order valence-electron chi connectivity index (χ0n) is 10.8. The van der Waals surface area contributed by atoms with Crippen LogP contribution in [0.1, 0.15) is 18.4 Å². The van der Waals surface area contributed by atoms with E-state index in [1.807, 2.05) is 12.1 Å². The van der Waals surface area contributed by atoms with Gasteiger partial charge in [-0.05, 0) is 60.2 Å². The van der Waals surface area contributed by atoms with Crippen molar-refractivity contribution in [1.82, 2.24) is 15.0 Å². The third kappa shape index (κ3) is 5.47. The van der Waals surface area contributed by atoms with E-state index in [9.17, 15) is 0 Å². The van der Waals surface area contributed by atoms with E-state index < -0.39 is 0 Å². The van der Waals surface area contributed by atoms with Crippen LogP contribution >= 0.6 is 46.4 Å². The summed E-state index contributed by atoms with van der Waals surface area (Å²) in [4.78, 5) is 11.3. The molecule has 21 heavy (non-hydrogen) atoms. The van der Waals surface area contributed by atoms with Gasteiger partial charge in [0.05, 0.1) is 6.61 Å². The van der Waals surface area contributed by atoms with E-state index >= 15 is 0 Å². The van der Waals surface area contributed by atoms with Crippen LogP contribution in [0.4, 0.5) is 0 Å². The van der Waals surface area contributed by atoms with Gasteiger partial charge < -0.3 is 4.74 Å². The van der Waals surface area contributed by atoms with Crippen LogP contribution in [0.2, 0.25) is 20.6 Å². The predicted octanol–water partition coefficient (Wildman–Crippen LogP) is 4.89. The lowest BCUT2D eigenvalue weighted by molar-refractivity contribution is 0.282. The van der Waals surface area contributed by atoms with Crippen molar-refractivity contribution in [2.75, 3.05) is 6.61 Å². The minimum absolute atomic E-state index is 0.0120. The molecule has 0 atom stereocenters. The van der Waals surface area contributed by atoms with Crippen LogP contribution in [0.15, 0.2) is 18.2 Å². The van der Waals surface area contributed by atoms with E-state index in [0.29, 0.717) is 16.7 Å². The summed E-state index contributed by atoms with van der Waals surface area (Å²) >= 11 is 23.2. The second-order valence-corrected chi connectivity index (χ2v) is 5.72. The quantitative estimate of drug-likeness (QED) is 0.683. The third-order valence-corrected chi connectivity index (χ3v) is 3.57. The smallest absolute Gasteiger partial charge is 0.322 e. The topological polar surface area (TPSA) is 47.9 Å². The first-order valence-electron chi connectivity index (χ1n) is 6.18. The SMILES string of the molecule is Clc1ccc(CCCCOc2nc(Cl)nc(Cl)n2)c(Cl)c1. The number of ether oxygens (including phenoxy) is 1. The molecule has 1 heterocycles. The highest BCUT2D eigenvalue weighted by Gasteiger charge is 2.05. The molecular weight excluding hydrogens is 356 g/mol. The molecule has 1 aromatic heterocycles. The monoisotopic (exact) mass is 365 g/mol. The summed E-state index contributed by atoms with van der Waals surface area (Å²) in [5.41, 5.74) is 1.06. The first-order valence-corrected chi connectivity index (χ1v) is 7.69. The van der Waals surface area contributed by atoms with Crippen LogP contribution in [0.5, 0.6) is 6.01 Å². The Balaban J connectivity index is 1.75. The van der Waals surface area contributed by atoms with Crippen LogP contribution < -0.4 is 4.74 Å². The Hall–Kier alpha value is -0.810. The van der Waals surface area contributed by atoms with Crippen LogP contribution in [0.25, 0.3) is 0 Å². The fourth-order valence-electron chi connectivity index (χ4n) is 1.68. The maximum atomic E-state index is 6.10. The van der Waals surface area contributed by atoms with Gasteiger partial charge in [0.25, 0.3) is 0 Å². The van der Waals surface area contributed by atoms with E-state index in [0.717, 1.165) is 24.8 Å². The molecule has 0 fully saturated rings. The lowest BCUT2D eigenvalue weighted by Gasteiger charge is -2.06. The number of nitrogens with zero attached hydrogens (tertiary/aromatic N) is 3. The van der Waals surface area contributed by atoms with E-state index in [1.54, 1.807) is 6.07 Å². The largest absolute Gasteiger partial charge is 0.463 e. The Morgan fingerprint density at radius 2 is 1.62 bits per heavy atom. The zero-order chi connectivity index (χ0) is 15.2. The first-order chi connectivity index (χ1) is 10.0. The fourth-order valence-corrected chi connectivity index (χ4v) is 2.53. The number of aryl methyl sites for hydroxylation is 1. The van der Waals surface area contributed by atoms with Crippen LogP contribution in [-0.2, 0) is 6.42 Å². The standard InChI is InChI=1S/C13H11Cl4N3O/c14-9-5-4-8(10(15)7-9)3-1-2-6-21-13-19-11(16)18-12(17)20-13/h4-5,7H,1-3,6H2. The number of hydrogen-bond donors (Lipinski definition) is 0. The molecule has 2 rings (SSSR count). The molecule has 0 unspecified atom stereocenters. The van der Waals surface area contributed by atoms with Crippen LogP contribution in [0.3, 0.4) is 0 Å². The van der Waals surface area contributed by atoms with Gasteiger partial charge >= 0.3 is 6.01 Å². The molecule has 2 aromatic rings. The molecule has 4 nitrogen and oxygen atoms in total. The lowest BCUT2D eigenvalue weighted by atomic mass is 10.1. The van der Waals surface area contributed by atoms with Crippen molar-refractivity contribution < 1.29 is 4.74 Å². The molecule has 0 aliphatic rings. The molecule has 112 valence electrons. The summed E-state index contributed by atoms with van der Waals surface area (Å²) in [6.07, 6.45) is 2.58. The molecule has 0 saturated carbocycles. The number of rotatable bonds is 6. The van der Waals surface area contributed by atoms with Crippen molar-refractivity contribution in [1.29, 1.82) is 0 Å². The number of benzene rings is 1. The van der Waals surface area contributed by atoms with Crippen LogP contribution in [0, 0.1) is 0 Å². The Kier molecular flexibility index (Phi) is 6.30. The van der Waals surface area contributed by atoms with Gasteiger partial charge in [-0.15, -0.1) is 0 Å². The highest BCUT2D eigenvalue weighted by Crippen LogP contribution is 2.22.